The van der Waals surface area contributed by atoms with Gasteiger partial charge < -0.3 is 9.84 Å². The summed E-state index contributed by atoms with van der Waals surface area (Å²) >= 11 is 0. The highest BCUT2D eigenvalue weighted by Gasteiger charge is 2.36. The number of hydrogen-bond donors (Lipinski definition) is 1. The predicted molar refractivity (Wildman–Crippen MR) is 128 cm³/mol. The maximum absolute atomic E-state index is 10.8. The van der Waals surface area contributed by atoms with Crippen molar-refractivity contribution >= 4 is 5.97 Å². The molecule has 0 saturated carbocycles. The van der Waals surface area contributed by atoms with Crippen molar-refractivity contribution in [1.29, 1.82) is 0 Å². The Kier molecular flexibility index (Phi) is 14.3. The van der Waals surface area contributed by atoms with Crippen LogP contribution in [0.2, 0.25) is 0 Å². The summed E-state index contributed by atoms with van der Waals surface area (Å²) in [6, 6.07) is 0. The first-order valence-corrected chi connectivity index (χ1v) is 12.8. The van der Waals surface area contributed by atoms with E-state index in [2.05, 4.69) is 30.9 Å². The average molecular weight is 449 g/mol. The smallest absolute Gasteiger partial charge is 0.306 e. The Bertz CT molecular complexity index is 562. The maximum Gasteiger partial charge on any atom is 0.306 e. The molecule has 0 spiro atoms. The van der Waals surface area contributed by atoms with Crippen molar-refractivity contribution in [2.75, 3.05) is 0 Å². The highest BCUT2D eigenvalue weighted by molar-refractivity contribution is 5.67. The van der Waals surface area contributed by atoms with E-state index in [1.807, 2.05) is 6.08 Å². The molecule has 0 aliphatic carbocycles. The van der Waals surface area contributed by atoms with E-state index in [-0.39, 0.29) is 24.7 Å². The van der Waals surface area contributed by atoms with Gasteiger partial charge in [-0.15, -0.1) is 6.58 Å². The summed E-state index contributed by atoms with van der Waals surface area (Å²) in [4.78, 5) is 21.5. The third-order valence-electron chi connectivity index (χ3n) is 6.35. The van der Waals surface area contributed by atoms with Gasteiger partial charge in [0.05, 0.1) is 18.6 Å². The minimum absolute atomic E-state index is 0.00557. The van der Waals surface area contributed by atoms with Crippen molar-refractivity contribution < 1.29 is 24.4 Å². The summed E-state index contributed by atoms with van der Waals surface area (Å²) in [5.41, 5.74) is 0. The minimum atomic E-state index is -0.843. The number of carboxylic acids is 1. The lowest BCUT2D eigenvalue weighted by molar-refractivity contribution is -0.385. The molecule has 0 unspecified atom stereocenters. The molecule has 1 N–H and O–H groups in total. The molecule has 2 aliphatic heterocycles. The Morgan fingerprint density at radius 2 is 1.44 bits per heavy atom. The van der Waals surface area contributed by atoms with Gasteiger partial charge >= 0.3 is 5.97 Å². The first-order chi connectivity index (χ1) is 15.7. The fraction of sp³-hybridized carbons (Fsp3) is 0.741. The molecule has 0 aromatic heterocycles. The number of allylic oxidation sites excluding steroid dienone is 5. The number of ether oxygens (including phenoxy) is 1. The van der Waals surface area contributed by atoms with Crippen LogP contribution < -0.4 is 0 Å². The predicted octanol–water partition coefficient (Wildman–Crippen LogP) is 7.08. The number of unbranched alkanes of at least 4 members (excludes halogenated alkanes) is 8. The first kappa shape index (κ1) is 26.8. The van der Waals surface area contributed by atoms with Gasteiger partial charge in [0.25, 0.3) is 0 Å². The lowest BCUT2D eigenvalue weighted by Crippen LogP contribution is -2.37. The van der Waals surface area contributed by atoms with Crippen LogP contribution in [0.4, 0.5) is 0 Å². The summed E-state index contributed by atoms with van der Waals surface area (Å²) in [6.45, 7) is 3.74. The topological polar surface area (TPSA) is 65.0 Å². The first-order valence-electron chi connectivity index (χ1n) is 12.8. The van der Waals surface area contributed by atoms with Crippen LogP contribution in [0, 0.1) is 0 Å². The quantitative estimate of drug-likeness (QED) is 0.111. The van der Waals surface area contributed by atoms with Gasteiger partial charge in [-0.3, -0.25) is 4.79 Å². The molecule has 0 amide bonds. The molecular formula is C27H44O5. The molecule has 2 aliphatic rings. The van der Waals surface area contributed by atoms with Gasteiger partial charge in [-0.2, -0.15) is 0 Å². The normalized spacial score (nSPS) is 26.2. The van der Waals surface area contributed by atoms with Crippen molar-refractivity contribution in [2.45, 2.75) is 127 Å². The maximum atomic E-state index is 10.8. The Morgan fingerprint density at radius 3 is 2.12 bits per heavy atom. The van der Waals surface area contributed by atoms with Crippen LogP contribution in [0.1, 0.15) is 103 Å². The van der Waals surface area contributed by atoms with E-state index in [1.165, 1.54) is 51.4 Å². The molecule has 32 heavy (non-hydrogen) atoms. The number of hydrogen-bond acceptors (Lipinski definition) is 4. The van der Waals surface area contributed by atoms with Gasteiger partial charge in [0.1, 0.15) is 12.2 Å². The third kappa shape index (κ3) is 12.0. The fourth-order valence-corrected chi connectivity index (χ4v) is 4.47. The molecule has 5 heteroatoms. The van der Waals surface area contributed by atoms with Gasteiger partial charge in [-0.05, 0) is 64.2 Å². The summed E-state index contributed by atoms with van der Waals surface area (Å²) in [7, 11) is 0. The van der Waals surface area contributed by atoms with E-state index >= 15 is 0 Å². The highest BCUT2D eigenvalue weighted by atomic mass is 17.2. The van der Waals surface area contributed by atoms with E-state index in [0.717, 1.165) is 44.9 Å². The Morgan fingerprint density at radius 1 is 0.781 bits per heavy atom. The van der Waals surface area contributed by atoms with E-state index < -0.39 is 5.97 Å². The number of carboxylic acid groups (broad SMARTS) is 1. The molecule has 2 saturated heterocycles. The largest absolute Gasteiger partial charge is 0.481 e. The summed E-state index contributed by atoms with van der Waals surface area (Å²) in [5.74, 6) is -0.843. The lowest BCUT2D eigenvalue weighted by atomic mass is 10.0. The van der Waals surface area contributed by atoms with Crippen LogP contribution in [0.15, 0.2) is 37.0 Å². The van der Waals surface area contributed by atoms with Gasteiger partial charge in [0.15, 0.2) is 0 Å². The molecular weight excluding hydrogens is 404 g/mol. The molecule has 4 atom stereocenters. The van der Waals surface area contributed by atoms with Gasteiger partial charge in [0.2, 0.25) is 0 Å². The summed E-state index contributed by atoms with van der Waals surface area (Å²) < 4.78 is 6.20. The number of aliphatic carboxylic acids is 1. The fourth-order valence-electron chi connectivity index (χ4n) is 4.47. The molecule has 5 nitrogen and oxygen atoms in total. The second kappa shape index (κ2) is 17.1. The summed E-state index contributed by atoms with van der Waals surface area (Å²) in [5, 5.41) is 8.84. The van der Waals surface area contributed by atoms with E-state index in [1.54, 1.807) is 0 Å². The SMILES string of the molecule is C=CCCC/C=C/C=C\CCCCCCCC[C@H]1CC[C@@H]([C@H]2CC[C@@H](CC(=O)O)OO2)O1. The van der Waals surface area contributed by atoms with Crippen molar-refractivity contribution in [3.8, 4) is 0 Å². The van der Waals surface area contributed by atoms with E-state index in [0.29, 0.717) is 6.10 Å². The molecule has 2 rings (SSSR count). The van der Waals surface area contributed by atoms with Crippen LogP contribution >= 0.6 is 0 Å². The van der Waals surface area contributed by atoms with E-state index in [4.69, 9.17) is 19.6 Å². The highest BCUT2D eigenvalue weighted by Crippen LogP contribution is 2.31. The Balaban J connectivity index is 1.39. The zero-order valence-electron chi connectivity index (χ0n) is 19.8. The van der Waals surface area contributed by atoms with E-state index in [9.17, 15) is 4.79 Å². The van der Waals surface area contributed by atoms with Crippen LogP contribution in [0.5, 0.6) is 0 Å². The monoisotopic (exact) mass is 448 g/mol. The molecule has 0 bridgehead atoms. The molecule has 182 valence electrons. The summed E-state index contributed by atoms with van der Waals surface area (Å²) in [6.07, 6.45) is 28.1. The van der Waals surface area contributed by atoms with Crippen molar-refractivity contribution in [3.05, 3.63) is 37.0 Å². The second-order valence-corrected chi connectivity index (χ2v) is 9.18. The standard InChI is InChI=1S/C27H44O5/c1-2-3-4-5-6-7-8-9-10-11-12-13-14-15-16-17-23-18-20-25(30-23)26-21-19-24(31-32-26)22-27(28)29/h2,6-9,23-26H,1,3-5,10-22H2,(H,28,29)/b7-6+,9-8-/t23-,24-,25-,26+/m0/s1. The van der Waals surface area contributed by atoms with Crippen molar-refractivity contribution in [2.24, 2.45) is 0 Å². The second-order valence-electron chi connectivity index (χ2n) is 9.18. The number of carbonyl (C=O) groups is 1. The van der Waals surface area contributed by atoms with Gasteiger partial charge in [-0.1, -0.05) is 62.5 Å². The molecule has 0 aromatic carbocycles. The lowest BCUT2D eigenvalue weighted by Gasteiger charge is -2.30. The average Bonchev–Trinajstić information content (AvgIpc) is 3.25. The van der Waals surface area contributed by atoms with Crippen LogP contribution in [-0.4, -0.2) is 35.5 Å². The molecule has 2 heterocycles. The zero-order chi connectivity index (χ0) is 22.9. The molecule has 2 fully saturated rings. The van der Waals surface area contributed by atoms with Crippen molar-refractivity contribution in [1.82, 2.24) is 0 Å². The Hall–Kier alpha value is -1.43. The molecule has 0 radical (unpaired) electrons. The van der Waals surface area contributed by atoms with Gasteiger partial charge in [-0.25, -0.2) is 9.78 Å². The Labute approximate surface area is 194 Å². The van der Waals surface area contributed by atoms with Crippen LogP contribution in [0.25, 0.3) is 0 Å². The minimum Gasteiger partial charge on any atom is -0.481 e. The number of rotatable bonds is 17. The van der Waals surface area contributed by atoms with Gasteiger partial charge in [0, 0.05) is 0 Å². The van der Waals surface area contributed by atoms with Crippen LogP contribution in [0.3, 0.4) is 0 Å². The zero-order valence-corrected chi connectivity index (χ0v) is 19.8. The van der Waals surface area contributed by atoms with Crippen LogP contribution in [-0.2, 0) is 19.3 Å². The third-order valence-corrected chi connectivity index (χ3v) is 6.35. The van der Waals surface area contributed by atoms with Crippen molar-refractivity contribution in [3.63, 3.8) is 0 Å². The molecule has 0 aromatic rings.